The fraction of sp³-hybridized carbons (Fsp3) is 0.739. The number of aliphatic carboxylic acids is 1. The van der Waals surface area contributed by atoms with Crippen LogP contribution >= 0.6 is 19.8 Å². The minimum absolute atomic E-state index is 0.0832. The predicted molar refractivity (Wildman–Crippen MR) is 147 cm³/mol. The number of rotatable bonds is 12. The molecule has 1 aliphatic carbocycles. The standard InChI is InChI=1S/C23H40N3O8PS2/c1-13(2)15-8-9-23(7,17(36)10-15)34-35(37)32-12-16(26-21(31)33-22(4,5)6)19(28)24-11-18(27)25-14(3)20(29)30/h14-17,35-36H,1,8-12H2,2-7H3,(H,24,28)(H,25,27)(H,26,31)(H,29,30)/t14-,15?,16-,17?,23-/m0/s1. The van der Waals surface area contributed by atoms with Crippen LogP contribution in [0.4, 0.5) is 4.79 Å². The molecule has 0 heterocycles. The molecule has 3 amide bonds. The van der Waals surface area contributed by atoms with E-state index in [0.29, 0.717) is 5.92 Å². The average molecular weight is 582 g/mol. The number of alkyl carbamates (subject to hydrolysis) is 1. The van der Waals surface area contributed by atoms with Crippen molar-refractivity contribution >= 4 is 55.5 Å². The van der Waals surface area contributed by atoms with Crippen LogP contribution in [-0.2, 0) is 40.0 Å². The van der Waals surface area contributed by atoms with Crippen LogP contribution in [0.1, 0.15) is 60.8 Å². The Morgan fingerprint density at radius 3 is 2.41 bits per heavy atom. The van der Waals surface area contributed by atoms with E-state index in [1.54, 1.807) is 20.8 Å². The van der Waals surface area contributed by atoms with E-state index >= 15 is 0 Å². The summed E-state index contributed by atoms with van der Waals surface area (Å²) in [5.41, 5.74) is -0.317. The fourth-order valence-electron chi connectivity index (χ4n) is 3.48. The van der Waals surface area contributed by atoms with Crippen molar-refractivity contribution in [1.82, 2.24) is 16.0 Å². The summed E-state index contributed by atoms with van der Waals surface area (Å²) in [6.45, 7) is 13.4. The number of carbonyl (C=O) groups is 4. The summed E-state index contributed by atoms with van der Waals surface area (Å²) in [5.74, 6) is -2.31. The number of hydrogen-bond acceptors (Lipinski definition) is 9. The molecule has 0 aromatic rings. The van der Waals surface area contributed by atoms with E-state index in [9.17, 15) is 19.2 Å². The average Bonchev–Trinajstić information content (AvgIpc) is 2.75. The van der Waals surface area contributed by atoms with Gasteiger partial charge in [0.25, 0.3) is 0 Å². The number of nitrogens with one attached hydrogen (secondary N) is 3. The highest BCUT2D eigenvalue weighted by Crippen LogP contribution is 2.45. The van der Waals surface area contributed by atoms with Gasteiger partial charge in [-0.1, -0.05) is 12.2 Å². The first-order valence-corrected chi connectivity index (χ1v) is 14.9. The monoisotopic (exact) mass is 581 g/mol. The quantitative estimate of drug-likeness (QED) is 0.133. The number of hydrogen-bond donors (Lipinski definition) is 5. The smallest absolute Gasteiger partial charge is 0.408 e. The molecule has 1 rings (SSSR count). The van der Waals surface area contributed by atoms with Gasteiger partial charge in [-0.05, 0) is 78.5 Å². The minimum atomic E-state index is -2.27. The largest absolute Gasteiger partial charge is 0.480 e. The van der Waals surface area contributed by atoms with E-state index in [2.05, 4.69) is 22.5 Å². The van der Waals surface area contributed by atoms with Gasteiger partial charge in [0.15, 0.2) is 7.15 Å². The molecule has 6 atom stereocenters. The van der Waals surface area contributed by atoms with Crippen LogP contribution in [0.3, 0.4) is 0 Å². The van der Waals surface area contributed by atoms with Crippen LogP contribution in [0.15, 0.2) is 12.2 Å². The summed E-state index contributed by atoms with van der Waals surface area (Å²) >= 11 is 10.1. The third-order valence-electron chi connectivity index (χ3n) is 5.76. The lowest BCUT2D eigenvalue weighted by molar-refractivity contribution is -0.141. The summed E-state index contributed by atoms with van der Waals surface area (Å²) in [5, 5.41) is 15.8. The Morgan fingerprint density at radius 2 is 1.89 bits per heavy atom. The molecule has 3 unspecified atom stereocenters. The number of ether oxygens (including phenoxy) is 1. The molecule has 0 spiro atoms. The molecule has 0 aromatic heterocycles. The zero-order valence-corrected chi connectivity index (χ0v) is 24.9. The highest BCUT2D eigenvalue weighted by molar-refractivity contribution is 8.00. The van der Waals surface area contributed by atoms with Crippen molar-refractivity contribution in [3.63, 3.8) is 0 Å². The number of amides is 3. The third-order valence-corrected chi connectivity index (χ3v) is 8.16. The minimum Gasteiger partial charge on any atom is -0.480 e. The first-order valence-electron chi connectivity index (χ1n) is 11.9. The lowest BCUT2D eigenvalue weighted by Crippen LogP contribution is -2.52. The van der Waals surface area contributed by atoms with Crippen LogP contribution in [0.25, 0.3) is 0 Å². The van der Waals surface area contributed by atoms with Crippen LogP contribution in [0.5, 0.6) is 0 Å². The van der Waals surface area contributed by atoms with E-state index < -0.39 is 60.9 Å². The lowest BCUT2D eigenvalue weighted by Gasteiger charge is -2.42. The number of carboxylic acid groups (broad SMARTS) is 1. The molecule has 1 fully saturated rings. The summed E-state index contributed by atoms with van der Waals surface area (Å²) in [6.07, 6.45) is 1.55. The van der Waals surface area contributed by atoms with Gasteiger partial charge in [0.05, 0.1) is 18.8 Å². The molecule has 37 heavy (non-hydrogen) atoms. The van der Waals surface area contributed by atoms with Crippen molar-refractivity contribution in [2.45, 2.75) is 89.3 Å². The summed E-state index contributed by atoms with van der Waals surface area (Å²) in [6, 6.07) is -2.38. The van der Waals surface area contributed by atoms with Crippen molar-refractivity contribution in [1.29, 1.82) is 0 Å². The van der Waals surface area contributed by atoms with E-state index in [1.165, 1.54) is 6.92 Å². The van der Waals surface area contributed by atoms with Crippen LogP contribution in [0.2, 0.25) is 0 Å². The number of allylic oxidation sites excluding steroid dienone is 1. The maximum Gasteiger partial charge on any atom is 0.408 e. The second-order valence-electron chi connectivity index (χ2n) is 10.4. The number of carboxylic acids is 1. The molecule has 0 radical (unpaired) electrons. The Morgan fingerprint density at radius 1 is 1.27 bits per heavy atom. The summed E-state index contributed by atoms with van der Waals surface area (Å²) in [4.78, 5) is 47.9. The first kappa shape index (κ1) is 33.4. The van der Waals surface area contributed by atoms with Crippen molar-refractivity contribution in [3.05, 3.63) is 12.2 Å². The normalized spacial score (nSPS) is 24.2. The third kappa shape index (κ3) is 12.2. The topological polar surface area (TPSA) is 152 Å². The Kier molecular flexibility index (Phi) is 13.1. The number of thiol groups is 1. The lowest BCUT2D eigenvalue weighted by atomic mass is 9.77. The van der Waals surface area contributed by atoms with Crippen LogP contribution < -0.4 is 16.0 Å². The molecular weight excluding hydrogens is 541 g/mol. The molecular formula is C23H40N3O8PS2. The van der Waals surface area contributed by atoms with Gasteiger partial charge < -0.3 is 34.8 Å². The summed E-state index contributed by atoms with van der Waals surface area (Å²) in [7, 11) is -2.27. The fourth-order valence-corrected chi connectivity index (χ4v) is 5.78. The maximum absolute atomic E-state index is 12.7. The van der Waals surface area contributed by atoms with Gasteiger partial charge in [-0.25, -0.2) is 4.79 Å². The first-order chi connectivity index (χ1) is 16.9. The highest BCUT2D eigenvalue weighted by atomic mass is 32.4. The molecule has 1 aliphatic rings. The molecule has 1 saturated carbocycles. The molecule has 0 aromatic carbocycles. The second-order valence-corrected chi connectivity index (χ2v) is 13.0. The molecule has 14 heteroatoms. The van der Waals surface area contributed by atoms with E-state index in [4.69, 9.17) is 43.3 Å². The Bertz CT molecular complexity index is 898. The van der Waals surface area contributed by atoms with Crippen molar-refractivity contribution in [2.24, 2.45) is 5.92 Å². The van der Waals surface area contributed by atoms with Gasteiger partial charge in [0.1, 0.15) is 17.7 Å². The van der Waals surface area contributed by atoms with Crippen molar-refractivity contribution in [2.75, 3.05) is 13.2 Å². The Balaban J connectivity index is 2.78. The predicted octanol–water partition coefficient (Wildman–Crippen LogP) is 2.56. The van der Waals surface area contributed by atoms with E-state index in [0.717, 1.165) is 24.8 Å². The highest BCUT2D eigenvalue weighted by Gasteiger charge is 2.40. The summed E-state index contributed by atoms with van der Waals surface area (Å²) < 4.78 is 17.0. The van der Waals surface area contributed by atoms with Gasteiger partial charge in [-0.2, -0.15) is 12.6 Å². The molecule has 11 nitrogen and oxygen atoms in total. The van der Waals surface area contributed by atoms with Crippen LogP contribution in [0, 0.1) is 5.92 Å². The van der Waals surface area contributed by atoms with Crippen LogP contribution in [-0.4, -0.2) is 70.7 Å². The van der Waals surface area contributed by atoms with Gasteiger partial charge >= 0.3 is 12.1 Å². The molecule has 4 N–H and O–H groups in total. The Hall–Kier alpha value is -1.66. The maximum atomic E-state index is 12.7. The Labute approximate surface area is 229 Å². The molecule has 0 bridgehead atoms. The number of carbonyl (C=O) groups excluding carboxylic acids is 3. The van der Waals surface area contributed by atoms with E-state index in [-0.39, 0.29) is 11.9 Å². The zero-order valence-electron chi connectivity index (χ0n) is 22.2. The zero-order chi connectivity index (χ0) is 28.6. The van der Waals surface area contributed by atoms with Crippen molar-refractivity contribution in [3.8, 4) is 0 Å². The van der Waals surface area contributed by atoms with Gasteiger partial charge in [0, 0.05) is 5.25 Å². The molecule has 0 aliphatic heterocycles. The van der Waals surface area contributed by atoms with Gasteiger partial charge in [0.2, 0.25) is 11.8 Å². The van der Waals surface area contributed by atoms with E-state index in [1.807, 2.05) is 13.8 Å². The van der Waals surface area contributed by atoms with Gasteiger partial charge in [-0.3, -0.25) is 14.4 Å². The second kappa shape index (κ2) is 14.5. The SMILES string of the molecule is C=C(C)C1CC[C@](C)(O[PH](=S)OC[C@H](NC(=O)OC(C)(C)C)C(=O)NCC(=O)N[C@@H](C)C(=O)O)C(S)C1. The van der Waals surface area contributed by atoms with Gasteiger partial charge in [-0.15, -0.1) is 0 Å². The molecule has 212 valence electrons. The molecule has 0 saturated heterocycles. The van der Waals surface area contributed by atoms with Crippen molar-refractivity contribution < 1.29 is 38.1 Å².